The van der Waals surface area contributed by atoms with E-state index in [2.05, 4.69) is 17.9 Å². The number of nitrogens with zero attached hydrogens (tertiary/aromatic N) is 1. The molecule has 1 atom stereocenters. The van der Waals surface area contributed by atoms with E-state index in [0.29, 0.717) is 11.8 Å². The van der Waals surface area contributed by atoms with Gasteiger partial charge in [-0.25, -0.2) is 0 Å². The maximum atomic E-state index is 5.93. The minimum absolute atomic E-state index is 0.308. The first-order chi connectivity index (χ1) is 8.69. The van der Waals surface area contributed by atoms with Crippen LogP contribution in [-0.2, 0) is 11.3 Å². The molecule has 0 aromatic heterocycles. The summed E-state index contributed by atoms with van der Waals surface area (Å²) in [5.41, 5.74) is 7.85. The van der Waals surface area contributed by atoms with Crippen LogP contribution in [0.5, 0.6) is 5.75 Å². The first-order valence-corrected chi connectivity index (χ1v) is 6.45. The van der Waals surface area contributed by atoms with E-state index >= 15 is 0 Å². The lowest BCUT2D eigenvalue weighted by molar-refractivity contribution is 0.0668. The Labute approximate surface area is 109 Å². The molecule has 1 aliphatic heterocycles. The lowest BCUT2D eigenvalue weighted by Crippen LogP contribution is -2.29. The number of anilines is 1. The Morgan fingerprint density at radius 3 is 3.06 bits per heavy atom. The van der Waals surface area contributed by atoms with Crippen molar-refractivity contribution in [3.05, 3.63) is 23.8 Å². The lowest BCUT2D eigenvalue weighted by Gasteiger charge is -2.22. The van der Waals surface area contributed by atoms with E-state index in [4.69, 9.17) is 15.2 Å². The summed E-state index contributed by atoms with van der Waals surface area (Å²) >= 11 is 0. The van der Waals surface area contributed by atoms with Gasteiger partial charge < -0.3 is 15.2 Å². The van der Waals surface area contributed by atoms with Gasteiger partial charge in [-0.1, -0.05) is 6.07 Å². The zero-order valence-corrected chi connectivity index (χ0v) is 11.2. The Hall–Kier alpha value is -1.26. The van der Waals surface area contributed by atoms with E-state index in [1.54, 1.807) is 7.11 Å². The number of nitrogens with two attached hydrogens (primary N) is 1. The molecule has 0 bridgehead atoms. The molecule has 2 rings (SSSR count). The van der Waals surface area contributed by atoms with E-state index in [1.165, 1.54) is 5.56 Å². The summed E-state index contributed by atoms with van der Waals surface area (Å²) in [7, 11) is 1.64. The van der Waals surface area contributed by atoms with Crippen molar-refractivity contribution in [2.45, 2.75) is 26.0 Å². The smallest absolute Gasteiger partial charge is 0.141 e. The minimum atomic E-state index is 0.308. The van der Waals surface area contributed by atoms with Crippen LogP contribution in [0.1, 0.15) is 18.9 Å². The van der Waals surface area contributed by atoms with Crippen molar-refractivity contribution in [3.8, 4) is 5.75 Å². The standard InChI is InChI=1S/C14H22N2O2/c1-11-9-16(6-3-7-18-11)10-12-4-5-14(17-2)13(15)8-12/h4-5,8,11H,3,6-7,9-10,15H2,1-2H3. The molecule has 1 unspecified atom stereocenters. The molecular weight excluding hydrogens is 228 g/mol. The second-order valence-electron chi connectivity index (χ2n) is 4.85. The summed E-state index contributed by atoms with van der Waals surface area (Å²) in [6.07, 6.45) is 1.40. The third kappa shape index (κ3) is 3.37. The molecule has 0 aliphatic carbocycles. The first kappa shape index (κ1) is 13.2. The quantitative estimate of drug-likeness (QED) is 0.832. The number of ether oxygens (including phenoxy) is 2. The van der Waals surface area contributed by atoms with Crippen LogP contribution >= 0.6 is 0 Å². The number of nitrogen functional groups attached to an aromatic ring is 1. The molecule has 1 aliphatic rings. The Balaban J connectivity index is 2.01. The fraction of sp³-hybridized carbons (Fsp3) is 0.571. The molecule has 4 heteroatoms. The van der Waals surface area contributed by atoms with Gasteiger partial charge in [0.15, 0.2) is 0 Å². The van der Waals surface area contributed by atoms with Gasteiger partial charge in [0.05, 0.1) is 18.9 Å². The van der Waals surface area contributed by atoms with Gasteiger partial charge in [0, 0.05) is 26.2 Å². The molecular formula is C14H22N2O2. The van der Waals surface area contributed by atoms with Crippen LogP contribution < -0.4 is 10.5 Å². The van der Waals surface area contributed by atoms with Crippen molar-refractivity contribution in [1.82, 2.24) is 4.90 Å². The molecule has 18 heavy (non-hydrogen) atoms. The van der Waals surface area contributed by atoms with Gasteiger partial charge in [0.25, 0.3) is 0 Å². The third-order valence-electron chi connectivity index (χ3n) is 3.24. The van der Waals surface area contributed by atoms with Crippen molar-refractivity contribution >= 4 is 5.69 Å². The molecule has 0 spiro atoms. The van der Waals surface area contributed by atoms with Crippen LogP contribution in [0, 0.1) is 0 Å². The summed E-state index contributed by atoms with van der Waals surface area (Å²) in [4.78, 5) is 2.42. The molecule has 0 radical (unpaired) electrons. The highest BCUT2D eigenvalue weighted by Gasteiger charge is 2.15. The fourth-order valence-electron chi connectivity index (χ4n) is 2.36. The van der Waals surface area contributed by atoms with Crippen LogP contribution in [0.25, 0.3) is 0 Å². The average molecular weight is 250 g/mol. The molecule has 4 nitrogen and oxygen atoms in total. The Morgan fingerprint density at radius 2 is 2.33 bits per heavy atom. The van der Waals surface area contributed by atoms with Gasteiger partial charge >= 0.3 is 0 Å². The molecule has 1 heterocycles. The predicted octanol–water partition coefficient (Wildman–Crippen LogP) is 1.89. The molecule has 1 fully saturated rings. The highest BCUT2D eigenvalue weighted by Crippen LogP contribution is 2.23. The Morgan fingerprint density at radius 1 is 1.50 bits per heavy atom. The number of methoxy groups -OCH3 is 1. The number of hydrogen-bond acceptors (Lipinski definition) is 4. The van der Waals surface area contributed by atoms with Gasteiger partial charge in [0.1, 0.15) is 5.75 Å². The summed E-state index contributed by atoms with van der Waals surface area (Å²) in [6.45, 7) is 5.97. The monoisotopic (exact) mass is 250 g/mol. The van der Waals surface area contributed by atoms with Crippen molar-refractivity contribution < 1.29 is 9.47 Å². The SMILES string of the molecule is COc1ccc(CN2CCCOC(C)C2)cc1N. The van der Waals surface area contributed by atoms with E-state index < -0.39 is 0 Å². The molecule has 1 saturated heterocycles. The second-order valence-corrected chi connectivity index (χ2v) is 4.85. The molecule has 1 aromatic rings. The van der Waals surface area contributed by atoms with Crippen molar-refractivity contribution in [2.75, 3.05) is 32.5 Å². The van der Waals surface area contributed by atoms with Crippen LogP contribution in [-0.4, -0.2) is 37.8 Å². The van der Waals surface area contributed by atoms with Crippen molar-refractivity contribution in [3.63, 3.8) is 0 Å². The summed E-state index contributed by atoms with van der Waals surface area (Å²) in [5.74, 6) is 0.742. The highest BCUT2D eigenvalue weighted by atomic mass is 16.5. The zero-order chi connectivity index (χ0) is 13.0. The minimum Gasteiger partial charge on any atom is -0.495 e. The van der Waals surface area contributed by atoms with Gasteiger partial charge in [-0.15, -0.1) is 0 Å². The topological polar surface area (TPSA) is 47.7 Å². The van der Waals surface area contributed by atoms with Gasteiger partial charge in [0.2, 0.25) is 0 Å². The molecule has 0 saturated carbocycles. The molecule has 2 N–H and O–H groups in total. The van der Waals surface area contributed by atoms with E-state index in [0.717, 1.165) is 38.4 Å². The van der Waals surface area contributed by atoms with Crippen LogP contribution in [0.15, 0.2) is 18.2 Å². The van der Waals surface area contributed by atoms with Crippen molar-refractivity contribution in [2.24, 2.45) is 0 Å². The van der Waals surface area contributed by atoms with Crippen LogP contribution in [0.2, 0.25) is 0 Å². The maximum absolute atomic E-state index is 5.93. The lowest BCUT2D eigenvalue weighted by atomic mass is 10.1. The maximum Gasteiger partial charge on any atom is 0.141 e. The molecule has 100 valence electrons. The number of benzene rings is 1. The van der Waals surface area contributed by atoms with Crippen molar-refractivity contribution in [1.29, 1.82) is 0 Å². The van der Waals surface area contributed by atoms with Crippen LogP contribution in [0.4, 0.5) is 5.69 Å². The van der Waals surface area contributed by atoms with E-state index in [-0.39, 0.29) is 0 Å². The van der Waals surface area contributed by atoms with E-state index in [1.807, 2.05) is 12.1 Å². The Bertz CT molecular complexity index is 395. The van der Waals surface area contributed by atoms with Crippen LogP contribution in [0.3, 0.4) is 0 Å². The summed E-state index contributed by atoms with van der Waals surface area (Å²) in [6, 6.07) is 6.00. The third-order valence-corrected chi connectivity index (χ3v) is 3.24. The average Bonchev–Trinajstić information content (AvgIpc) is 2.54. The fourth-order valence-corrected chi connectivity index (χ4v) is 2.36. The number of hydrogen-bond donors (Lipinski definition) is 1. The highest BCUT2D eigenvalue weighted by molar-refractivity contribution is 5.54. The van der Waals surface area contributed by atoms with Gasteiger partial charge in [-0.3, -0.25) is 4.90 Å². The summed E-state index contributed by atoms with van der Waals surface area (Å²) < 4.78 is 10.8. The largest absolute Gasteiger partial charge is 0.495 e. The molecule has 1 aromatic carbocycles. The van der Waals surface area contributed by atoms with Gasteiger partial charge in [-0.05, 0) is 31.0 Å². The Kier molecular flexibility index (Phi) is 4.44. The van der Waals surface area contributed by atoms with E-state index in [9.17, 15) is 0 Å². The number of rotatable bonds is 3. The zero-order valence-electron chi connectivity index (χ0n) is 11.2. The normalized spacial score (nSPS) is 21.6. The predicted molar refractivity (Wildman–Crippen MR) is 72.7 cm³/mol. The summed E-state index contributed by atoms with van der Waals surface area (Å²) in [5, 5.41) is 0. The first-order valence-electron chi connectivity index (χ1n) is 6.45. The second kappa shape index (κ2) is 6.07. The molecule has 0 amide bonds. The van der Waals surface area contributed by atoms with Gasteiger partial charge in [-0.2, -0.15) is 0 Å².